The zero-order chi connectivity index (χ0) is 20.5. The van der Waals surface area contributed by atoms with Crippen molar-refractivity contribution >= 4 is 5.96 Å². The molecule has 0 spiro atoms. The number of benzene rings is 1. The van der Waals surface area contributed by atoms with Crippen molar-refractivity contribution in [2.75, 3.05) is 46.0 Å². The van der Waals surface area contributed by atoms with E-state index in [0.717, 1.165) is 63.8 Å². The first-order valence-corrected chi connectivity index (χ1v) is 10.9. The van der Waals surface area contributed by atoms with E-state index < -0.39 is 0 Å². The minimum atomic E-state index is -0.336. The fourth-order valence-corrected chi connectivity index (χ4v) is 3.95. The Morgan fingerprint density at radius 3 is 2.76 bits per heavy atom. The highest BCUT2D eigenvalue weighted by Gasteiger charge is 2.24. The van der Waals surface area contributed by atoms with Gasteiger partial charge in [0, 0.05) is 38.8 Å². The Hall–Kier alpha value is -1.86. The number of aliphatic imine (C=N–C) groups is 1. The average Bonchev–Trinajstić information content (AvgIpc) is 3.23. The quantitative estimate of drug-likeness (QED) is 0.514. The first-order valence-electron chi connectivity index (χ1n) is 10.9. The highest BCUT2D eigenvalue weighted by molar-refractivity contribution is 5.80. The van der Waals surface area contributed by atoms with Gasteiger partial charge in [-0.2, -0.15) is 0 Å². The highest BCUT2D eigenvalue weighted by atomic mass is 19.1. The van der Waals surface area contributed by atoms with Crippen molar-refractivity contribution in [3.63, 3.8) is 0 Å². The predicted octanol–water partition coefficient (Wildman–Crippen LogP) is 2.78. The van der Waals surface area contributed by atoms with Crippen LogP contribution in [0.5, 0.6) is 5.75 Å². The lowest BCUT2D eigenvalue weighted by atomic mass is 10.0. The Balaban J connectivity index is 1.48. The number of hydrogen-bond acceptors (Lipinski definition) is 4. The number of ether oxygens (including phenoxy) is 2. The van der Waals surface area contributed by atoms with Crippen LogP contribution in [0.4, 0.5) is 4.39 Å². The third-order valence-electron chi connectivity index (χ3n) is 5.53. The lowest BCUT2D eigenvalue weighted by molar-refractivity contribution is 0.150. The molecule has 2 heterocycles. The van der Waals surface area contributed by atoms with Gasteiger partial charge in [-0.1, -0.05) is 6.07 Å². The van der Waals surface area contributed by atoms with Gasteiger partial charge in [0.25, 0.3) is 0 Å². The van der Waals surface area contributed by atoms with Gasteiger partial charge in [-0.3, -0.25) is 0 Å². The van der Waals surface area contributed by atoms with Crippen molar-refractivity contribution in [2.45, 2.75) is 45.7 Å². The van der Waals surface area contributed by atoms with Gasteiger partial charge >= 0.3 is 0 Å². The van der Waals surface area contributed by atoms with Gasteiger partial charge in [0.1, 0.15) is 0 Å². The SMILES string of the molecule is CCNC(=NCc1ccc(OCC)c(F)c1)NC1CCN(CC2CCOC2)CC1. The minimum absolute atomic E-state index is 0.293. The summed E-state index contributed by atoms with van der Waals surface area (Å²) in [7, 11) is 0. The van der Waals surface area contributed by atoms with Gasteiger partial charge in [0.05, 0.1) is 19.8 Å². The first kappa shape index (κ1) is 21.8. The van der Waals surface area contributed by atoms with E-state index in [1.54, 1.807) is 6.07 Å². The zero-order valence-corrected chi connectivity index (χ0v) is 17.8. The fraction of sp³-hybridized carbons (Fsp3) is 0.682. The van der Waals surface area contributed by atoms with Crippen LogP contribution >= 0.6 is 0 Å². The molecule has 0 bridgehead atoms. The molecule has 0 radical (unpaired) electrons. The maximum absolute atomic E-state index is 14.0. The fourth-order valence-electron chi connectivity index (χ4n) is 3.95. The monoisotopic (exact) mass is 406 g/mol. The van der Waals surface area contributed by atoms with Crippen LogP contribution in [0.3, 0.4) is 0 Å². The number of hydrogen-bond donors (Lipinski definition) is 2. The first-order chi connectivity index (χ1) is 14.2. The number of piperidine rings is 1. The predicted molar refractivity (Wildman–Crippen MR) is 114 cm³/mol. The summed E-state index contributed by atoms with van der Waals surface area (Å²) in [5.41, 5.74) is 0.830. The second kappa shape index (κ2) is 11.4. The molecule has 7 heteroatoms. The summed E-state index contributed by atoms with van der Waals surface area (Å²) in [6.45, 7) is 10.8. The molecule has 2 N–H and O–H groups in total. The normalized spacial score (nSPS) is 21.3. The Bertz CT molecular complexity index is 656. The number of guanidine groups is 1. The molecule has 0 aromatic heterocycles. The van der Waals surface area contributed by atoms with E-state index in [4.69, 9.17) is 9.47 Å². The molecular weight excluding hydrogens is 371 g/mol. The molecular formula is C22H35FN4O2. The van der Waals surface area contributed by atoms with Crippen LogP contribution in [0.1, 0.15) is 38.7 Å². The van der Waals surface area contributed by atoms with E-state index >= 15 is 0 Å². The van der Waals surface area contributed by atoms with Gasteiger partial charge in [-0.15, -0.1) is 0 Å². The largest absolute Gasteiger partial charge is 0.491 e. The highest BCUT2D eigenvalue weighted by Crippen LogP contribution is 2.19. The van der Waals surface area contributed by atoms with Crippen LogP contribution in [0.2, 0.25) is 0 Å². The Kier molecular flexibility index (Phi) is 8.55. The topological polar surface area (TPSA) is 58.1 Å². The van der Waals surface area contributed by atoms with Crippen molar-refractivity contribution in [2.24, 2.45) is 10.9 Å². The van der Waals surface area contributed by atoms with Crippen LogP contribution in [0.15, 0.2) is 23.2 Å². The van der Waals surface area contributed by atoms with Gasteiger partial charge in [0.15, 0.2) is 17.5 Å². The van der Waals surface area contributed by atoms with Gasteiger partial charge in [0.2, 0.25) is 0 Å². The standard InChI is InChI=1S/C22H35FN4O2/c1-3-24-22(25-14-17-5-6-21(29-4-2)20(23)13-17)26-19-7-10-27(11-8-19)15-18-9-12-28-16-18/h5-6,13,18-19H,3-4,7-12,14-16H2,1-2H3,(H2,24,25,26). The summed E-state index contributed by atoms with van der Waals surface area (Å²) in [5.74, 6) is 1.45. The van der Waals surface area contributed by atoms with Crippen LogP contribution in [0, 0.1) is 11.7 Å². The van der Waals surface area contributed by atoms with E-state index in [1.807, 2.05) is 13.0 Å². The van der Waals surface area contributed by atoms with Crippen molar-refractivity contribution in [1.29, 1.82) is 0 Å². The maximum Gasteiger partial charge on any atom is 0.191 e. The summed E-state index contributed by atoms with van der Waals surface area (Å²) in [6, 6.07) is 5.46. The van der Waals surface area contributed by atoms with Crippen molar-refractivity contribution in [3.8, 4) is 5.75 Å². The number of likely N-dealkylation sites (tertiary alicyclic amines) is 1. The summed E-state index contributed by atoms with van der Waals surface area (Å²) >= 11 is 0. The Labute approximate surface area is 173 Å². The molecule has 162 valence electrons. The second-order valence-electron chi connectivity index (χ2n) is 7.84. The lowest BCUT2D eigenvalue weighted by Gasteiger charge is -2.34. The van der Waals surface area contributed by atoms with E-state index in [9.17, 15) is 4.39 Å². The van der Waals surface area contributed by atoms with E-state index in [-0.39, 0.29) is 5.82 Å². The molecule has 2 aliphatic heterocycles. The van der Waals surface area contributed by atoms with Gasteiger partial charge < -0.3 is 25.0 Å². The summed E-state index contributed by atoms with van der Waals surface area (Å²) in [6.07, 6.45) is 3.41. The van der Waals surface area contributed by atoms with Crippen LogP contribution in [-0.4, -0.2) is 62.9 Å². The molecule has 2 aliphatic rings. The molecule has 0 saturated carbocycles. The second-order valence-corrected chi connectivity index (χ2v) is 7.84. The number of rotatable bonds is 8. The summed E-state index contributed by atoms with van der Waals surface area (Å²) < 4.78 is 24.8. The molecule has 1 atom stereocenters. The minimum Gasteiger partial charge on any atom is -0.491 e. The van der Waals surface area contributed by atoms with E-state index in [0.29, 0.717) is 30.9 Å². The number of halogens is 1. The molecule has 3 rings (SSSR count). The van der Waals surface area contributed by atoms with Crippen molar-refractivity contribution < 1.29 is 13.9 Å². The Morgan fingerprint density at radius 2 is 2.10 bits per heavy atom. The van der Waals surface area contributed by atoms with E-state index in [2.05, 4.69) is 27.4 Å². The molecule has 1 unspecified atom stereocenters. The van der Waals surface area contributed by atoms with Crippen LogP contribution in [-0.2, 0) is 11.3 Å². The number of nitrogens with one attached hydrogen (secondary N) is 2. The molecule has 6 nitrogen and oxygen atoms in total. The van der Waals surface area contributed by atoms with Gasteiger partial charge in [-0.05, 0) is 56.7 Å². The van der Waals surface area contributed by atoms with E-state index in [1.165, 1.54) is 12.5 Å². The van der Waals surface area contributed by atoms with Gasteiger partial charge in [-0.25, -0.2) is 9.38 Å². The summed E-state index contributed by atoms with van der Waals surface area (Å²) in [4.78, 5) is 7.21. The van der Waals surface area contributed by atoms with Crippen molar-refractivity contribution in [3.05, 3.63) is 29.6 Å². The molecule has 2 fully saturated rings. The third-order valence-corrected chi connectivity index (χ3v) is 5.53. The maximum atomic E-state index is 14.0. The smallest absolute Gasteiger partial charge is 0.191 e. The molecule has 0 amide bonds. The number of nitrogens with zero attached hydrogens (tertiary/aromatic N) is 2. The Morgan fingerprint density at radius 1 is 1.28 bits per heavy atom. The third kappa shape index (κ3) is 6.85. The van der Waals surface area contributed by atoms with Crippen molar-refractivity contribution in [1.82, 2.24) is 15.5 Å². The molecule has 2 saturated heterocycles. The molecule has 1 aromatic carbocycles. The van der Waals surface area contributed by atoms with Crippen LogP contribution < -0.4 is 15.4 Å². The average molecular weight is 407 g/mol. The zero-order valence-electron chi connectivity index (χ0n) is 17.8. The molecule has 1 aromatic rings. The van der Waals surface area contributed by atoms with Crippen LogP contribution in [0.25, 0.3) is 0 Å². The summed E-state index contributed by atoms with van der Waals surface area (Å²) in [5, 5.41) is 6.86. The lowest BCUT2D eigenvalue weighted by Crippen LogP contribution is -2.49. The molecule has 29 heavy (non-hydrogen) atoms. The molecule has 0 aliphatic carbocycles.